The van der Waals surface area contributed by atoms with Gasteiger partial charge in [0.05, 0.1) is 13.2 Å². The van der Waals surface area contributed by atoms with Crippen molar-refractivity contribution in [3.63, 3.8) is 0 Å². The molecule has 0 aliphatic carbocycles. The lowest BCUT2D eigenvalue weighted by molar-refractivity contribution is 0.0322. The molecule has 34 heavy (non-hydrogen) atoms. The van der Waals surface area contributed by atoms with Crippen LogP contribution in [-0.4, -0.2) is 54.6 Å². The van der Waals surface area contributed by atoms with Crippen LogP contribution in [0.4, 0.5) is 0 Å². The summed E-state index contributed by atoms with van der Waals surface area (Å²) in [5.74, 6) is 1.92. The van der Waals surface area contributed by atoms with Crippen LogP contribution in [0.5, 0.6) is 23.0 Å². The average Bonchev–Trinajstić information content (AvgIpc) is 2.85. The van der Waals surface area contributed by atoms with Gasteiger partial charge in [-0.3, -0.25) is 4.90 Å². The Morgan fingerprint density at radius 2 is 1.71 bits per heavy atom. The molecule has 3 aromatic rings. The molecule has 2 aliphatic heterocycles. The Balaban J connectivity index is 1.40. The summed E-state index contributed by atoms with van der Waals surface area (Å²) in [5.41, 5.74) is 4.66. The quantitative estimate of drug-likeness (QED) is 0.548. The van der Waals surface area contributed by atoms with Gasteiger partial charge in [0.15, 0.2) is 0 Å². The van der Waals surface area contributed by atoms with E-state index in [4.69, 9.17) is 14.2 Å². The minimum absolute atomic E-state index is 0.189. The maximum atomic E-state index is 10.1. The highest BCUT2D eigenvalue weighted by atomic mass is 16.5. The molecule has 1 atom stereocenters. The topological polar surface area (TPSA) is 71.4 Å². The number of benzene rings is 3. The van der Waals surface area contributed by atoms with Gasteiger partial charge in [0.1, 0.15) is 35.7 Å². The van der Waals surface area contributed by atoms with Gasteiger partial charge >= 0.3 is 0 Å². The molecule has 6 heteroatoms. The van der Waals surface area contributed by atoms with Crippen LogP contribution in [0, 0.1) is 0 Å². The Morgan fingerprint density at radius 1 is 0.941 bits per heavy atom. The maximum Gasteiger partial charge on any atom is 0.150 e. The minimum atomic E-state index is -0.360. The Bertz CT molecular complexity index is 1180. The average molecular weight is 460 g/mol. The number of hydrogen-bond donors (Lipinski definition) is 2. The van der Waals surface area contributed by atoms with E-state index in [2.05, 4.69) is 4.90 Å². The van der Waals surface area contributed by atoms with Crippen LogP contribution in [0.25, 0.3) is 11.1 Å². The van der Waals surface area contributed by atoms with Gasteiger partial charge < -0.3 is 24.4 Å². The molecule has 0 aromatic heterocycles. The predicted octanol–water partition coefficient (Wildman–Crippen LogP) is 4.87. The van der Waals surface area contributed by atoms with Crippen LogP contribution < -0.4 is 9.47 Å². The highest BCUT2D eigenvalue weighted by molar-refractivity contribution is 5.95. The summed E-state index contributed by atoms with van der Waals surface area (Å²) in [6.45, 7) is 7.00. The normalized spacial score (nSPS) is 18.3. The fraction of sp³-hybridized carbons (Fsp3) is 0.286. The molecule has 176 valence electrons. The first kappa shape index (κ1) is 22.3. The summed E-state index contributed by atoms with van der Waals surface area (Å²) in [6, 6.07) is 20.3. The molecule has 1 saturated heterocycles. The van der Waals surface area contributed by atoms with Crippen molar-refractivity contribution in [1.29, 1.82) is 0 Å². The molecular formula is C28H29NO5. The standard InChI is InChI=1S/C28H29NO5/c1-19-25-18-23(31)7-10-26(25)34-28(27(19)21-3-2-4-22(30)17-21)20-5-8-24(9-6-20)33-16-13-29-11-14-32-15-12-29/h2-10,17-18,28,30-31H,11-16H2,1H3. The lowest BCUT2D eigenvalue weighted by Gasteiger charge is -2.31. The van der Waals surface area contributed by atoms with Crippen molar-refractivity contribution in [3.05, 3.63) is 83.4 Å². The molecule has 2 heterocycles. The van der Waals surface area contributed by atoms with Crippen molar-refractivity contribution in [2.24, 2.45) is 0 Å². The second-order valence-electron chi connectivity index (χ2n) is 8.64. The molecule has 3 aromatic carbocycles. The van der Waals surface area contributed by atoms with Gasteiger partial charge in [0, 0.05) is 30.8 Å². The number of fused-ring (bicyclic) bond motifs is 1. The summed E-state index contributed by atoms with van der Waals surface area (Å²) >= 11 is 0. The van der Waals surface area contributed by atoms with Crippen molar-refractivity contribution in [2.75, 3.05) is 39.5 Å². The van der Waals surface area contributed by atoms with E-state index in [1.807, 2.05) is 43.3 Å². The zero-order chi connectivity index (χ0) is 23.5. The molecule has 2 aliphatic rings. The van der Waals surface area contributed by atoms with E-state index in [1.165, 1.54) is 0 Å². The molecule has 0 amide bonds. The lowest BCUT2D eigenvalue weighted by Crippen LogP contribution is -2.38. The van der Waals surface area contributed by atoms with Crippen molar-refractivity contribution in [1.82, 2.24) is 4.90 Å². The third kappa shape index (κ3) is 4.74. The fourth-order valence-corrected chi connectivity index (χ4v) is 4.57. The summed E-state index contributed by atoms with van der Waals surface area (Å²) < 4.78 is 17.8. The number of ether oxygens (including phenoxy) is 3. The van der Waals surface area contributed by atoms with Crippen LogP contribution in [-0.2, 0) is 4.74 Å². The molecule has 1 unspecified atom stereocenters. The molecule has 0 spiro atoms. The van der Waals surface area contributed by atoms with Gasteiger partial charge in [0.25, 0.3) is 0 Å². The zero-order valence-corrected chi connectivity index (χ0v) is 19.2. The second kappa shape index (κ2) is 9.79. The van der Waals surface area contributed by atoms with E-state index in [0.717, 1.165) is 72.2 Å². The van der Waals surface area contributed by atoms with Gasteiger partial charge in [0.2, 0.25) is 0 Å². The van der Waals surface area contributed by atoms with Crippen molar-refractivity contribution in [2.45, 2.75) is 13.0 Å². The molecule has 0 saturated carbocycles. The van der Waals surface area contributed by atoms with Gasteiger partial charge in [-0.2, -0.15) is 0 Å². The second-order valence-corrected chi connectivity index (χ2v) is 8.64. The molecule has 1 fully saturated rings. The predicted molar refractivity (Wildman–Crippen MR) is 131 cm³/mol. The lowest BCUT2D eigenvalue weighted by atomic mass is 9.86. The van der Waals surface area contributed by atoms with Crippen LogP contribution >= 0.6 is 0 Å². The zero-order valence-electron chi connectivity index (χ0n) is 19.2. The molecular weight excluding hydrogens is 430 g/mol. The highest BCUT2D eigenvalue weighted by Gasteiger charge is 2.29. The van der Waals surface area contributed by atoms with Crippen LogP contribution in [0.15, 0.2) is 66.7 Å². The first-order valence-corrected chi connectivity index (χ1v) is 11.6. The van der Waals surface area contributed by atoms with Crippen LogP contribution in [0.1, 0.15) is 29.7 Å². The molecule has 0 bridgehead atoms. The van der Waals surface area contributed by atoms with Crippen LogP contribution in [0.2, 0.25) is 0 Å². The summed E-state index contributed by atoms with van der Waals surface area (Å²) in [7, 11) is 0. The number of rotatable bonds is 6. The third-order valence-corrected chi connectivity index (χ3v) is 6.40. The SMILES string of the molecule is CC1=C(c2cccc(O)c2)C(c2ccc(OCCN3CCOCC3)cc2)Oc2ccc(O)cc21. The van der Waals surface area contributed by atoms with Crippen molar-refractivity contribution >= 4 is 11.1 Å². The number of aromatic hydroxyl groups is 2. The molecule has 6 nitrogen and oxygen atoms in total. The first-order chi connectivity index (χ1) is 16.6. The number of phenolic OH excluding ortho intramolecular Hbond substituents is 2. The van der Waals surface area contributed by atoms with Gasteiger partial charge in [-0.25, -0.2) is 0 Å². The Labute approximate surface area is 199 Å². The van der Waals surface area contributed by atoms with Crippen LogP contribution in [0.3, 0.4) is 0 Å². The van der Waals surface area contributed by atoms with E-state index >= 15 is 0 Å². The number of nitrogens with zero attached hydrogens (tertiary/aromatic N) is 1. The number of phenols is 2. The fourth-order valence-electron chi connectivity index (χ4n) is 4.57. The third-order valence-electron chi connectivity index (χ3n) is 6.40. The van der Waals surface area contributed by atoms with E-state index in [9.17, 15) is 10.2 Å². The number of hydrogen-bond acceptors (Lipinski definition) is 6. The maximum absolute atomic E-state index is 10.1. The summed E-state index contributed by atoms with van der Waals surface area (Å²) in [5, 5.41) is 20.1. The highest BCUT2D eigenvalue weighted by Crippen LogP contribution is 2.47. The van der Waals surface area contributed by atoms with E-state index in [0.29, 0.717) is 6.61 Å². The van der Waals surface area contributed by atoms with Gasteiger partial charge in [-0.05, 0) is 66.1 Å². The summed E-state index contributed by atoms with van der Waals surface area (Å²) in [4.78, 5) is 2.35. The monoisotopic (exact) mass is 459 g/mol. The van der Waals surface area contributed by atoms with Crippen molar-refractivity contribution in [3.8, 4) is 23.0 Å². The Kier molecular flexibility index (Phi) is 6.43. The number of allylic oxidation sites excluding steroid dienone is 1. The van der Waals surface area contributed by atoms with Gasteiger partial charge in [-0.1, -0.05) is 24.3 Å². The first-order valence-electron chi connectivity index (χ1n) is 11.6. The van der Waals surface area contributed by atoms with Crippen molar-refractivity contribution < 1.29 is 24.4 Å². The minimum Gasteiger partial charge on any atom is -0.508 e. The summed E-state index contributed by atoms with van der Waals surface area (Å²) in [6.07, 6.45) is -0.360. The Hall–Kier alpha value is -3.48. The smallest absolute Gasteiger partial charge is 0.150 e. The van der Waals surface area contributed by atoms with E-state index < -0.39 is 0 Å². The van der Waals surface area contributed by atoms with Gasteiger partial charge in [-0.15, -0.1) is 0 Å². The molecule has 0 radical (unpaired) electrons. The van der Waals surface area contributed by atoms with E-state index in [1.54, 1.807) is 30.3 Å². The van der Waals surface area contributed by atoms with E-state index in [-0.39, 0.29) is 17.6 Å². The largest absolute Gasteiger partial charge is 0.508 e. The molecule has 2 N–H and O–H groups in total. The Morgan fingerprint density at radius 3 is 2.47 bits per heavy atom. The molecule has 5 rings (SSSR count). The number of morpholine rings is 1.